The molecule has 0 radical (unpaired) electrons. The highest BCUT2D eigenvalue weighted by Crippen LogP contribution is 2.38. The molecule has 3 aliphatic rings. The van der Waals surface area contributed by atoms with E-state index in [-0.39, 0.29) is 104 Å². The molecular formula is C92H103Cl5F3N9O11. The number of hydrogen-bond donors (Lipinski definition) is 2. The molecule has 0 bridgehead atoms. The average molecular weight is 1750 g/mol. The molecule has 0 spiro atoms. The number of alkyl halides is 3. The van der Waals surface area contributed by atoms with Crippen LogP contribution in [0.15, 0.2) is 237 Å². The molecule has 28 heteroatoms. The molecule has 2 N–H and O–H groups in total. The van der Waals surface area contributed by atoms with E-state index in [0.717, 1.165) is 0 Å². The minimum atomic E-state index is -1.14. The molecule has 3 heterocycles. The van der Waals surface area contributed by atoms with E-state index in [4.69, 9.17) is 53.8 Å². The van der Waals surface area contributed by atoms with Crippen LogP contribution in [0.25, 0.3) is 0 Å². The lowest BCUT2D eigenvalue weighted by Gasteiger charge is -2.45. The number of piperazine rings is 3. The first-order valence-electron chi connectivity index (χ1n) is 39.3. The Hall–Kier alpha value is -10.4. The van der Waals surface area contributed by atoms with Crippen LogP contribution in [0, 0.1) is 35.2 Å². The van der Waals surface area contributed by atoms with Crippen molar-refractivity contribution in [2.75, 3.05) is 91.2 Å². The van der Waals surface area contributed by atoms with Crippen molar-refractivity contribution in [1.29, 1.82) is 0 Å². The molecule has 0 unspecified atom stereocenters. The second kappa shape index (κ2) is 45.3. The smallest absolute Gasteiger partial charge is 0.410 e. The van der Waals surface area contributed by atoms with E-state index in [0.29, 0.717) is 119 Å². The summed E-state index contributed by atoms with van der Waals surface area (Å²) >= 11 is 18.2. The minimum Gasteiger partial charge on any atom is -0.457 e. The van der Waals surface area contributed by atoms with Crippen LogP contribution in [0.2, 0.25) is 0 Å². The van der Waals surface area contributed by atoms with Crippen LogP contribution in [-0.2, 0) is 33.5 Å². The Morgan fingerprint density at radius 3 is 0.917 bits per heavy atom. The third-order valence-electron chi connectivity index (χ3n) is 20.2. The third-order valence-corrected chi connectivity index (χ3v) is 20.9. The summed E-state index contributed by atoms with van der Waals surface area (Å²) in [6.45, 7) is 21.9. The number of nitrogens with one attached hydrogen (secondary N) is 2. The van der Waals surface area contributed by atoms with Crippen molar-refractivity contribution in [3.8, 4) is 34.5 Å². The first-order valence-corrected chi connectivity index (χ1v) is 40.9. The fourth-order valence-electron chi connectivity index (χ4n) is 14.0. The van der Waals surface area contributed by atoms with Crippen LogP contribution < -0.4 is 39.5 Å². The van der Waals surface area contributed by atoms with Crippen molar-refractivity contribution in [3.63, 3.8) is 0 Å². The first kappa shape index (κ1) is 95.1. The SMILES string of the molecule is CC(C)[C@@H]1CN(C(=O)[C@H](c2ccc(F)cc2)N(C(=O)CCl)c2ccc(Oc3ccccc3)cc2)CCN1C(=O)OC(C)(C)C.CC(C)[C@H]1CN(C(=O)[C@@H](c2ccc(F)cc2)N(C(=O)CCl)c2ccc(Oc3ccccc3)cc2)CCN1.CC(C)[C@H]1CN(C(=O)[C@H](c2ccc(F)cc2)N(C(=O)CCl)c2ccc(Oc3ccccc3)cc2)CCN1.Cl.Cl. The van der Waals surface area contributed by atoms with Crippen LogP contribution in [0.3, 0.4) is 0 Å². The van der Waals surface area contributed by atoms with Crippen molar-refractivity contribution < 1.29 is 65.7 Å². The van der Waals surface area contributed by atoms with E-state index in [1.54, 1.807) is 117 Å². The zero-order valence-electron chi connectivity index (χ0n) is 68.4. The molecule has 3 aliphatic heterocycles. The molecule has 0 aromatic heterocycles. The maximum absolute atomic E-state index is 14.4. The molecule has 20 nitrogen and oxygen atoms in total. The largest absolute Gasteiger partial charge is 0.457 e. The average Bonchev–Trinajstić information content (AvgIpc) is 0.787. The zero-order chi connectivity index (χ0) is 84.7. The monoisotopic (exact) mass is 1740 g/mol. The van der Waals surface area contributed by atoms with Crippen LogP contribution in [-0.4, -0.2) is 161 Å². The number of carbonyl (C=O) groups is 7. The van der Waals surface area contributed by atoms with Crippen molar-refractivity contribution in [2.45, 2.75) is 104 Å². The predicted octanol–water partition coefficient (Wildman–Crippen LogP) is 18.7. The van der Waals surface area contributed by atoms with E-state index in [1.807, 2.05) is 126 Å². The lowest BCUT2D eigenvalue weighted by molar-refractivity contribution is -0.138. The molecule has 6 atom stereocenters. The molecule has 9 aromatic rings. The Balaban J connectivity index is 0.000000223. The summed E-state index contributed by atoms with van der Waals surface area (Å²) in [5.74, 6) is -0.128. The van der Waals surface area contributed by atoms with Gasteiger partial charge in [0.05, 0.1) is 6.04 Å². The summed E-state index contributed by atoms with van der Waals surface area (Å²) in [5.41, 5.74) is 2.18. The number of rotatable bonds is 24. The fourth-order valence-corrected chi connectivity index (χ4v) is 14.4. The first-order chi connectivity index (χ1) is 56.6. The van der Waals surface area contributed by atoms with Gasteiger partial charge in [-0.25, -0.2) is 18.0 Å². The highest BCUT2D eigenvalue weighted by molar-refractivity contribution is 6.31. The number of benzene rings is 9. The molecule has 0 saturated carbocycles. The summed E-state index contributed by atoms with van der Waals surface area (Å²) < 4.78 is 64.9. The Kier molecular flexibility index (Phi) is 35.9. The second-order valence-electron chi connectivity index (χ2n) is 30.7. The summed E-state index contributed by atoms with van der Waals surface area (Å²) in [4.78, 5) is 107. The van der Waals surface area contributed by atoms with Gasteiger partial charge in [0.15, 0.2) is 0 Å². The lowest BCUT2D eigenvalue weighted by Crippen LogP contribution is -2.60. The topological polar surface area (TPSA) is 203 Å². The standard InChI is InChI=1S/C34H39ClFN3O5.2C29H31ClFN3O3.2ClH/c1-23(2)29-22-37(19-20-38(29)33(42)44-34(3,4)5)32(41)31(24-11-13-25(36)14-12-24)39(30(40)21-35)26-15-17-28(18-16-26)43-27-9-7-6-8-10-27;2*1-20(2)26-19-33(17-16-32-26)29(36)28(21-8-10-22(31)11-9-21)34(27(35)18-30)23-12-14-25(15-13-23)37-24-6-4-3-5-7-24;;/h6-18,23,29,31H,19-22H2,1-5H3;2*3-15,20,26,28,32H,16-19H2,1-2H3;2*1H/t29-,31-;26-,28+;26-,28-;;/m011../s1. The van der Waals surface area contributed by atoms with Crippen LogP contribution in [0.1, 0.15) is 97.1 Å². The van der Waals surface area contributed by atoms with Crippen molar-refractivity contribution in [1.82, 2.24) is 30.2 Å². The quantitative estimate of drug-likeness (QED) is 0.0541. The number of carbonyl (C=O) groups excluding carboxylic acids is 7. The van der Waals surface area contributed by atoms with Gasteiger partial charge < -0.3 is 49.2 Å². The Morgan fingerprint density at radius 1 is 0.383 bits per heavy atom. The summed E-state index contributed by atoms with van der Waals surface area (Å²) in [5, 5.41) is 6.90. The van der Waals surface area contributed by atoms with Crippen molar-refractivity contribution in [2.24, 2.45) is 17.8 Å². The van der Waals surface area contributed by atoms with Gasteiger partial charge in [-0.3, -0.25) is 43.5 Å². The number of halogens is 8. The normalized spacial score (nSPS) is 15.9. The van der Waals surface area contributed by atoms with Gasteiger partial charge in [0.25, 0.3) is 17.7 Å². The van der Waals surface area contributed by atoms with Gasteiger partial charge in [-0.15, -0.1) is 59.6 Å². The second-order valence-corrected chi connectivity index (χ2v) is 31.5. The number of ether oxygens (including phenoxy) is 4. The zero-order valence-corrected chi connectivity index (χ0v) is 72.3. The summed E-state index contributed by atoms with van der Waals surface area (Å²) in [7, 11) is 0. The van der Waals surface area contributed by atoms with E-state index in [1.165, 1.54) is 63.2 Å². The van der Waals surface area contributed by atoms with Gasteiger partial charge in [-0.2, -0.15) is 0 Å². The lowest BCUT2D eigenvalue weighted by atomic mass is 9.97. The van der Waals surface area contributed by atoms with Gasteiger partial charge in [-0.1, -0.05) is 133 Å². The van der Waals surface area contributed by atoms with Crippen molar-refractivity contribution >= 4 is 118 Å². The van der Waals surface area contributed by atoms with Gasteiger partial charge in [-0.05, 0) is 201 Å². The maximum Gasteiger partial charge on any atom is 0.410 e. The Bertz CT molecular complexity index is 4580. The Labute approximate surface area is 727 Å². The van der Waals surface area contributed by atoms with Crippen LogP contribution >= 0.6 is 59.6 Å². The third kappa shape index (κ3) is 25.8. The molecule has 9 aromatic carbocycles. The summed E-state index contributed by atoms with van der Waals surface area (Å²) in [6, 6.07) is 62.3. The number of para-hydroxylation sites is 3. The number of hydrogen-bond acceptors (Lipinski definition) is 13. The maximum atomic E-state index is 14.4. The van der Waals surface area contributed by atoms with Crippen molar-refractivity contribution in [3.05, 3.63) is 271 Å². The van der Waals surface area contributed by atoms with Gasteiger partial charge in [0.2, 0.25) is 17.7 Å². The summed E-state index contributed by atoms with van der Waals surface area (Å²) in [6.07, 6.45) is -0.435. The van der Waals surface area contributed by atoms with E-state index >= 15 is 0 Å². The Morgan fingerprint density at radius 2 is 0.658 bits per heavy atom. The van der Waals surface area contributed by atoms with Gasteiger partial charge in [0, 0.05) is 88.0 Å². The minimum absolute atomic E-state index is 0. The highest BCUT2D eigenvalue weighted by atomic mass is 35.5. The van der Waals surface area contributed by atoms with Crippen LogP contribution in [0.5, 0.6) is 34.5 Å². The fraction of sp³-hybridized carbons (Fsp3) is 0.337. The number of nitrogens with zero attached hydrogens (tertiary/aromatic N) is 7. The van der Waals surface area contributed by atoms with E-state index in [2.05, 4.69) is 38.3 Å². The van der Waals surface area contributed by atoms with E-state index < -0.39 is 65.0 Å². The molecule has 120 heavy (non-hydrogen) atoms. The molecule has 638 valence electrons. The predicted molar refractivity (Wildman–Crippen MR) is 470 cm³/mol. The highest BCUT2D eigenvalue weighted by Gasteiger charge is 2.43. The molecular weight excluding hydrogens is 1640 g/mol. The van der Waals surface area contributed by atoms with Gasteiger partial charge in [0.1, 0.15) is 93.3 Å². The van der Waals surface area contributed by atoms with Gasteiger partial charge >= 0.3 is 6.09 Å². The van der Waals surface area contributed by atoms with Crippen LogP contribution in [0.4, 0.5) is 35.0 Å². The molecule has 3 saturated heterocycles. The molecule has 7 amide bonds. The molecule has 0 aliphatic carbocycles. The van der Waals surface area contributed by atoms with E-state index in [9.17, 15) is 46.7 Å². The number of anilines is 3. The molecule has 12 rings (SSSR count). The number of amides is 7. The molecule has 3 fully saturated rings.